The summed E-state index contributed by atoms with van der Waals surface area (Å²) in [6.07, 6.45) is 0. The Morgan fingerprint density at radius 2 is 1.79 bits per heavy atom. The van der Waals surface area contributed by atoms with E-state index in [1.54, 1.807) is 38.3 Å². The van der Waals surface area contributed by atoms with Crippen molar-refractivity contribution >= 4 is 28.2 Å². The zero-order valence-electron chi connectivity index (χ0n) is 16.1. The number of hydrogen-bond acceptors (Lipinski definition) is 6. The molecule has 1 amide bonds. The Hall–Kier alpha value is -3.32. The van der Waals surface area contributed by atoms with Gasteiger partial charge >= 0.3 is 5.97 Å². The molecule has 3 aromatic rings. The first-order chi connectivity index (χ1) is 14.1. The first kappa shape index (κ1) is 20.4. The SMILES string of the molecule is CCOC(=O)c1c(-c2ccccc2)csc1NC(=O)COc1cccc(OC)c1. The number of ether oxygens (including phenoxy) is 3. The molecule has 3 rings (SSSR count). The number of thiophene rings is 1. The van der Waals surface area contributed by atoms with E-state index >= 15 is 0 Å². The number of benzene rings is 2. The van der Waals surface area contributed by atoms with Gasteiger partial charge in [0.1, 0.15) is 22.1 Å². The summed E-state index contributed by atoms with van der Waals surface area (Å²) < 4.78 is 15.9. The lowest BCUT2D eigenvalue weighted by Gasteiger charge is -2.10. The number of anilines is 1. The van der Waals surface area contributed by atoms with Gasteiger partial charge in [-0.2, -0.15) is 0 Å². The summed E-state index contributed by atoms with van der Waals surface area (Å²) in [5.74, 6) is 0.302. The molecule has 0 fully saturated rings. The third kappa shape index (κ3) is 5.14. The van der Waals surface area contributed by atoms with E-state index in [2.05, 4.69) is 5.32 Å². The van der Waals surface area contributed by atoms with Gasteiger partial charge in [0.2, 0.25) is 0 Å². The van der Waals surface area contributed by atoms with Gasteiger partial charge in [0, 0.05) is 17.0 Å². The van der Waals surface area contributed by atoms with Crippen molar-refractivity contribution in [3.63, 3.8) is 0 Å². The van der Waals surface area contributed by atoms with Crippen LogP contribution >= 0.6 is 11.3 Å². The molecule has 29 heavy (non-hydrogen) atoms. The summed E-state index contributed by atoms with van der Waals surface area (Å²) in [5.41, 5.74) is 1.94. The minimum Gasteiger partial charge on any atom is -0.497 e. The molecule has 1 aromatic heterocycles. The van der Waals surface area contributed by atoms with E-state index in [0.717, 1.165) is 11.1 Å². The number of methoxy groups -OCH3 is 1. The fourth-order valence-corrected chi connectivity index (χ4v) is 3.66. The van der Waals surface area contributed by atoms with Crippen molar-refractivity contribution in [2.24, 2.45) is 0 Å². The Balaban J connectivity index is 1.76. The molecule has 0 saturated heterocycles. The Labute approximate surface area is 173 Å². The van der Waals surface area contributed by atoms with Gasteiger partial charge in [-0.1, -0.05) is 36.4 Å². The summed E-state index contributed by atoms with van der Waals surface area (Å²) in [4.78, 5) is 24.9. The van der Waals surface area contributed by atoms with Crippen molar-refractivity contribution in [3.8, 4) is 22.6 Å². The number of rotatable bonds is 8. The lowest BCUT2D eigenvalue weighted by molar-refractivity contribution is -0.118. The monoisotopic (exact) mass is 411 g/mol. The number of esters is 1. The lowest BCUT2D eigenvalue weighted by Crippen LogP contribution is -2.21. The molecule has 0 spiro atoms. The maximum absolute atomic E-state index is 12.5. The quantitative estimate of drug-likeness (QED) is 0.548. The van der Waals surface area contributed by atoms with Crippen LogP contribution < -0.4 is 14.8 Å². The van der Waals surface area contributed by atoms with E-state index < -0.39 is 5.97 Å². The number of carbonyl (C=O) groups is 2. The molecule has 0 aliphatic heterocycles. The van der Waals surface area contributed by atoms with Crippen molar-refractivity contribution in [2.75, 3.05) is 25.6 Å². The number of amides is 1. The van der Waals surface area contributed by atoms with Gasteiger partial charge < -0.3 is 19.5 Å². The predicted molar refractivity (Wildman–Crippen MR) is 113 cm³/mol. The average molecular weight is 411 g/mol. The van der Waals surface area contributed by atoms with E-state index in [4.69, 9.17) is 14.2 Å². The highest BCUT2D eigenvalue weighted by molar-refractivity contribution is 7.15. The molecular weight excluding hydrogens is 390 g/mol. The number of nitrogens with one attached hydrogen (secondary N) is 1. The molecule has 0 bridgehead atoms. The van der Waals surface area contributed by atoms with Crippen LogP contribution in [-0.4, -0.2) is 32.2 Å². The van der Waals surface area contributed by atoms with Crippen molar-refractivity contribution in [2.45, 2.75) is 6.92 Å². The first-order valence-electron chi connectivity index (χ1n) is 9.03. The van der Waals surface area contributed by atoms with Crippen molar-refractivity contribution in [3.05, 3.63) is 65.5 Å². The Morgan fingerprint density at radius 3 is 2.52 bits per heavy atom. The van der Waals surface area contributed by atoms with Crippen LogP contribution in [-0.2, 0) is 9.53 Å². The minimum atomic E-state index is -0.475. The van der Waals surface area contributed by atoms with Gasteiger partial charge in [-0.25, -0.2) is 4.79 Å². The van der Waals surface area contributed by atoms with Crippen molar-refractivity contribution in [1.82, 2.24) is 0 Å². The standard InChI is InChI=1S/C22H21NO5S/c1-3-27-22(25)20-18(15-8-5-4-6-9-15)14-29-21(20)23-19(24)13-28-17-11-7-10-16(12-17)26-2/h4-12,14H,3,13H2,1-2H3,(H,23,24). The normalized spacial score (nSPS) is 10.3. The van der Waals surface area contributed by atoms with Gasteiger partial charge in [0.25, 0.3) is 5.91 Å². The van der Waals surface area contributed by atoms with E-state index in [9.17, 15) is 9.59 Å². The van der Waals surface area contributed by atoms with Crippen LogP contribution in [0.2, 0.25) is 0 Å². The second kappa shape index (κ2) is 9.75. The van der Waals surface area contributed by atoms with Gasteiger partial charge in [-0.15, -0.1) is 11.3 Å². The fraction of sp³-hybridized carbons (Fsp3) is 0.182. The van der Waals surface area contributed by atoms with Gasteiger partial charge in [0.15, 0.2) is 6.61 Å². The van der Waals surface area contributed by atoms with E-state index in [-0.39, 0.29) is 19.1 Å². The maximum atomic E-state index is 12.5. The predicted octanol–water partition coefficient (Wildman–Crippen LogP) is 4.62. The van der Waals surface area contributed by atoms with Crippen LogP contribution in [0.5, 0.6) is 11.5 Å². The van der Waals surface area contributed by atoms with E-state index in [0.29, 0.717) is 22.1 Å². The molecule has 7 heteroatoms. The maximum Gasteiger partial charge on any atom is 0.341 e. The van der Waals surface area contributed by atoms with Crippen LogP contribution in [0.3, 0.4) is 0 Å². The lowest BCUT2D eigenvalue weighted by atomic mass is 10.0. The Kier molecular flexibility index (Phi) is 6.86. The molecular formula is C22H21NO5S. The Bertz CT molecular complexity index is 984. The molecule has 1 N–H and O–H groups in total. The van der Waals surface area contributed by atoms with E-state index in [1.807, 2.05) is 35.7 Å². The second-order valence-electron chi connectivity index (χ2n) is 5.96. The summed E-state index contributed by atoms with van der Waals surface area (Å²) in [6, 6.07) is 16.5. The van der Waals surface area contributed by atoms with Gasteiger partial charge in [0.05, 0.1) is 13.7 Å². The third-order valence-electron chi connectivity index (χ3n) is 4.02. The molecule has 0 unspecified atom stereocenters. The van der Waals surface area contributed by atoms with E-state index in [1.165, 1.54) is 11.3 Å². The summed E-state index contributed by atoms with van der Waals surface area (Å²) in [7, 11) is 1.56. The average Bonchev–Trinajstić information content (AvgIpc) is 3.16. The molecule has 1 heterocycles. The zero-order chi connectivity index (χ0) is 20.6. The third-order valence-corrected chi connectivity index (χ3v) is 4.91. The topological polar surface area (TPSA) is 73.9 Å². The highest BCUT2D eigenvalue weighted by Crippen LogP contribution is 2.36. The summed E-state index contributed by atoms with van der Waals surface area (Å²) >= 11 is 1.27. The zero-order valence-corrected chi connectivity index (χ0v) is 17.0. The van der Waals surface area contributed by atoms with Crippen molar-refractivity contribution < 1.29 is 23.8 Å². The number of hydrogen-bond donors (Lipinski definition) is 1. The highest BCUT2D eigenvalue weighted by Gasteiger charge is 2.22. The molecule has 0 saturated carbocycles. The van der Waals surface area contributed by atoms with Crippen molar-refractivity contribution in [1.29, 1.82) is 0 Å². The second-order valence-corrected chi connectivity index (χ2v) is 6.84. The minimum absolute atomic E-state index is 0.200. The molecule has 150 valence electrons. The molecule has 0 radical (unpaired) electrons. The van der Waals surface area contributed by atoms with Gasteiger partial charge in [-0.3, -0.25) is 4.79 Å². The van der Waals surface area contributed by atoms with Crippen LogP contribution in [0.1, 0.15) is 17.3 Å². The molecule has 0 aliphatic carbocycles. The van der Waals surface area contributed by atoms with Gasteiger partial charge in [-0.05, 0) is 24.6 Å². The smallest absolute Gasteiger partial charge is 0.341 e. The fourth-order valence-electron chi connectivity index (χ4n) is 2.69. The molecule has 0 atom stereocenters. The van der Waals surface area contributed by atoms with Crippen LogP contribution in [0.25, 0.3) is 11.1 Å². The highest BCUT2D eigenvalue weighted by atomic mass is 32.1. The summed E-state index contributed by atoms with van der Waals surface area (Å²) in [6.45, 7) is 1.79. The number of carbonyl (C=O) groups excluding carboxylic acids is 2. The summed E-state index contributed by atoms with van der Waals surface area (Å²) in [5, 5.41) is 5.03. The largest absolute Gasteiger partial charge is 0.497 e. The van der Waals surface area contributed by atoms with Crippen LogP contribution in [0.4, 0.5) is 5.00 Å². The first-order valence-corrected chi connectivity index (χ1v) is 9.91. The molecule has 0 aliphatic rings. The van der Waals surface area contributed by atoms with Crippen LogP contribution in [0, 0.1) is 0 Å². The molecule has 2 aromatic carbocycles. The Morgan fingerprint density at radius 1 is 1.03 bits per heavy atom. The van der Waals surface area contributed by atoms with Crippen LogP contribution in [0.15, 0.2) is 60.0 Å². The molecule has 6 nitrogen and oxygen atoms in total.